The fraction of sp³-hybridized carbons (Fsp3) is 0.462. The maximum Gasteiger partial charge on any atom is 0.132 e. The highest BCUT2D eigenvalue weighted by Gasteiger charge is 2.07. The second-order valence-electron chi connectivity index (χ2n) is 4.15. The molecular formula is C13H18N4. The zero-order chi connectivity index (χ0) is 12.1. The van der Waals surface area contributed by atoms with Gasteiger partial charge in [0.05, 0.1) is 18.4 Å². The van der Waals surface area contributed by atoms with E-state index in [4.69, 9.17) is 0 Å². The average molecular weight is 230 g/mol. The van der Waals surface area contributed by atoms with Gasteiger partial charge in [0.1, 0.15) is 17.4 Å². The Labute approximate surface area is 101 Å². The first-order valence-corrected chi connectivity index (χ1v) is 6.13. The minimum atomic E-state index is 0.713. The summed E-state index contributed by atoms with van der Waals surface area (Å²) in [7, 11) is 0. The number of fused-ring (bicyclic) bond motifs is 1. The van der Waals surface area contributed by atoms with Crippen molar-refractivity contribution in [2.45, 2.75) is 39.2 Å². The number of aryl methyl sites for hydroxylation is 1. The van der Waals surface area contributed by atoms with Crippen LogP contribution in [0.4, 0.5) is 0 Å². The van der Waals surface area contributed by atoms with Crippen molar-refractivity contribution in [2.75, 3.05) is 0 Å². The Kier molecular flexibility index (Phi) is 3.85. The summed E-state index contributed by atoms with van der Waals surface area (Å²) < 4.78 is 1.86. The summed E-state index contributed by atoms with van der Waals surface area (Å²) in [5, 5.41) is 4.50. The first kappa shape index (κ1) is 11.8. The number of unbranched alkanes of at least 4 members (excludes halogenated alkanes) is 2. The van der Waals surface area contributed by atoms with E-state index >= 15 is 0 Å². The zero-order valence-electron chi connectivity index (χ0n) is 10.3. The van der Waals surface area contributed by atoms with Crippen LogP contribution in [-0.4, -0.2) is 19.7 Å². The maximum absolute atomic E-state index is 4.50. The third-order valence-electron chi connectivity index (χ3n) is 2.76. The molecule has 0 amide bonds. The fourth-order valence-corrected chi connectivity index (χ4v) is 1.88. The molecule has 0 aliphatic heterocycles. The minimum Gasteiger partial charge on any atom is -0.266 e. The highest BCUT2D eigenvalue weighted by atomic mass is 15.3. The Balaban J connectivity index is 2.25. The number of hydrogen-bond donors (Lipinski definition) is 0. The summed E-state index contributed by atoms with van der Waals surface area (Å²) in [5.41, 5.74) is 2.92. The van der Waals surface area contributed by atoms with Crippen molar-refractivity contribution in [3.05, 3.63) is 30.9 Å². The molecule has 2 aromatic rings. The first-order chi connectivity index (χ1) is 8.35. The molecule has 0 spiro atoms. The zero-order valence-corrected chi connectivity index (χ0v) is 10.3. The molecule has 0 saturated heterocycles. The van der Waals surface area contributed by atoms with E-state index < -0.39 is 0 Å². The van der Waals surface area contributed by atoms with Crippen LogP contribution < -0.4 is 0 Å². The molecule has 0 unspecified atom stereocenters. The van der Waals surface area contributed by atoms with Crippen LogP contribution in [0.25, 0.3) is 11.0 Å². The van der Waals surface area contributed by atoms with Crippen LogP contribution in [0.5, 0.6) is 0 Å². The predicted octanol–water partition coefficient (Wildman–Crippen LogP) is 2.75. The fourth-order valence-electron chi connectivity index (χ4n) is 1.88. The quantitative estimate of drug-likeness (QED) is 0.566. The van der Waals surface area contributed by atoms with Crippen molar-refractivity contribution in [2.24, 2.45) is 0 Å². The molecule has 2 rings (SSSR count). The Hall–Kier alpha value is -1.71. The van der Waals surface area contributed by atoms with Crippen LogP contribution >= 0.6 is 0 Å². The van der Waals surface area contributed by atoms with Crippen LogP contribution in [0.2, 0.25) is 0 Å². The molecule has 0 aliphatic carbocycles. The van der Waals surface area contributed by atoms with Crippen LogP contribution in [0.15, 0.2) is 25.2 Å². The molecule has 4 heteroatoms. The van der Waals surface area contributed by atoms with E-state index in [1.165, 1.54) is 12.8 Å². The van der Waals surface area contributed by atoms with Crippen molar-refractivity contribution >= 4 is 11.0 Å². The number of nitrogens with zero attached hydrogens (tertiary/aromatic N) is 4. The van der Waals surface area contributed by atoms with Gasteiger partial charge in [0.15, 0.2) is 0 Å². The van der Waals surface area contributed by atoms with Gasteiger partial charge < -0.3 is 0 Å². The molecule has 0 aliphatic rings. The second-order valence-corrected chi connectivity index (χ2v) is 4.15. The second kappa shape index (κ2) is 5.57. The first-order valence-electron chi connectivity index (χ1n) is 6.13. The lowest BCUT2D eigenvalue weighted by Crippen LogP contribution is -1.96. The van der Waals surface area contributed by atoms with Gasteiger partial charge in [0.2, 0.25) is 0 Å². The molecule has 0 aromatic carbocycles. The van der Waals surface area contributed by atoms with Gasteiger partial charge in [-0.05, 0) is 12.8 Å². The molecule has 0 radical (unpaired) electrons. The molecule has 0 saturated carbocycles. The lowest BCUT2D eigenvalue weighted by atomic mass is 10.1. The smallest absolute Gasteiger partial charge is 0.132 e. The van der Waals surface area contributed by atoms with Gasteiger partial charge >= 0.3 is 0 Å². The number of rotatable bonds is 6. The lowest BCUT2D eigenvalue weighted by molar-refractivity contribution is 0.697. The van der Waals surface area contributed by atoms with Gasteiger partial charge in [-0.1, -0.05) is 25.8 Å². The van der Waals surface area contributed by atoms with Crippen LogP contribution in [0, 0.1) is 0 Å². The summed E-state index contributed by atoms with van der Waals surface area (Å²) in [6, 6.07) is 0. The highest BCUT2D eigenvalue weighted by Crippen LogP contribution is 2.14. The molecule has 0 N–H and O–H groups in total. The van der Waals surface area contributed by atoms with Crippen molar-refractivity contribution in [3.63, 3.8) is 0 Å². The van der Waals surface area contributed by atoms with Gasteiger partial charge in [0.25, 0.3) is 0 Å². The largest absolute Gasteiger partial charge is 0.266 e. The van der Waals surface area contributed by atoms with Crippen LogP contribution in [0.3, 0.4) is 0 Å². The Morgan fingerprint density at radius 1 is 1.35 bits per heavy atom. The minimum absolute atomic E-state index is 0.713. The molecule has 90 valence electrons. The lowest BCUT2D eigenvalue weighted by Gasteiger charge is -1.99. The van der Waals surface area contributed by atoms with E-state index in [-0.39, 0.29) is 0 Å². The van der Waals surface area contributed by atoms with Crippen molar-refractivity contribution in [3.8, 4) is 0 Å². The predicted molar refractivity (Wildman–Crippen MR) is 68.7 cm³/mol. The Morgan fingerprint density at radius 2 is 2.24 bits per heavy atom. The van der Waals surface area contributed by atoms with Gasteiger partial charge in [0, 0.05) is 0 Å². The van der Waals surface area contributed by atoms with E-state index in [1.54, 1.807) is 6.33 Å². The molecule has 0 bridgehead atoms. The van der Waals surface area contributed by atoms with E-state index in [0.29, 0.717) is 6.54 Å². The summed E-state index contributed by atoms with van der Waals surface area (Å²) >= 11 is 0. The van der Waals surface area contributed by atoms with Crippen molar-refractivity contribution < 1.29 is 0 Å². The highest BCUT2D eigenvalue weighted by molar-refractivity contribution is 5.75. The molecule has 2 aromatic heterocycles. The molecule has 17 heavy (non-hydrogen) atoms. The molecule has 2 heterocycles. The monoisotopic (exact) mass is 230 g/mol. The summed E-state index contributed by atoms with van der Waals surface area (Å²) in [4.78, 5) is 8.58. The van der Waals surface area contributed by atoms with Gasteiger partial charge in [-0.2, -0.15) is 5.10 Å². The van der Waals surface area contributed by atoms with Gasteiger partial charge in [-0.3, -0.25) is 4.68 Å². The maximum atomic E-state index is 4.50. The van der Waals surface area contributed by atoms with E-state index in [9.17, 15) is 0 Å². The molecular weight excluding hydrogens is 212 g/mol. The van der Waals surface area contributed by atoms with E-state index in [0.717, 1.165) is 29.6 Å². The van der Waals surface area contributed by atoms with E-state index in [2.05, 4.69) is 28.6 Å². The van der Waals surface area contributed by atoms with Crippen LogP contribution in [0.1, 0.15) is 31.9 Å². The summed E-state index contributed by atoms with van der Waals surface area (Å²) in [6.45, 7) is 6.63. The molecule has 0 fully saturated rings. The number of hydrogen-bond acceptors (Lipinski definition) is 3. The van der Waals surface area contributed by atoms with Crippen LogP contribution in [-0.2, 0) is 13.0 Å². The van der Waals surface area contributed by atoms with E-state index in [1.807, 2.05) is 17.0 Å². The SMILES string of the molecule is C=CCn1cc2ncnc(CCCCC)c2n1. The van der Waals surface area contributed by atoms with Gasteiger partial charge in [-0.15, -0.1) is 6.58 Å². The van der Waals surface area contributed by atoms with Gasteiger partial charge in [-0.25, -0.2) is 9.97 Å². The third-order valence-corrected chi connectivity index (χ3v) is 2.76. The molecule has 0 atom stereocenters. The third kappa shape index (κ3) is 2.70. The average Bonchev–Trinajstić information content (AvgIpc) is 2.73. The number of aromatic nitrogens is 4. The molecule has 4 nitrogen and oxygen atoms in total. The summed E-state index contributed by atoms with van der Waals surface area (Å²) in [6.07, 6.45) is 10.0. The normalized spacial score (nSPS) is 10.9. The van der Waals surface area contributed by atoms with Crippen molar-refractivity contribution in [1.82, 2.24) is 19.7 Å². The topological polar surface area (TPSA) is 43.6 Å². The summed E-state index contributed by atoms with van der Waals surface area (Å²) in [5.74, 6) is 0. The number of allylic oxidation sites excluding steroid dienone is 1. The van der Waals surface area contributed by atoms with Crippen molar-refractivity contribution in [1.29, 1.82) is 0 Å². The standard InChI is InChI=1S/C13H18N4/c1-3-5-6-7-11-13-12(15-10-14-11)9-17(16-13)8-4-2/h4,9-10H,2-3,5-8H2,1H3. The Morgan fingerprint density at radius 3 is 3.00 bits per heavy atom. The Bertz CT molecular complexity index is 501.